The number of para-hydroxylation sites is 1. The maximum Gasteiger partial charge on any atom is 0.339 e. The van der Waals surface area contributed by atoms with Gasteiger partial charge in [0.15, 0.2) is 6.61 Å². The van der Waals surface area contributed by atoms with Crippen molar-refractivity contribution in [2.24, 2.45) is 5.73 Å². The second-order valence-electron chi connectivity index (χ2n) is 7.69. The smallest absolute Gasteiger partial charge is 0.339 e. The van der Waals surface area contributed by atoms with Gasteiger partial charge in [0.05, 0.1) is 16.8 Å². The van der Waals surface area contributed by atoms with Crippen LogP contribution in [0.2, 0.25) is 5.02 Å². The number of ether oxygens (including phenoxy) is 1. The first kappa shape index (κ1) is 22.3. The van der Waals surface area contributed by atoms with Crippen LogP contribution in [0.15, 0.2) is 59.8 Å². The number of benzene rings is 2. The van der Waals surface area contributed by atoms with Crippen LogP contribution in [0.5, 0.6) is 0 Å². The topological polar surface area (TPSA) is 106 Å². The third-order valence-electron chi connectivity index (χ3n) is 5.50. The zero-order valence-corrected chi connectivity index (χ0v) is 18.6. The molecule has 1 aliphatic rings. The number of pyridine rings is 1. The van der Waals surface area contributed by atoms with Gasteiger partial charge in [-0.1, -0.05) is 48.0 Å². The Morgan fingerprint density at radius 1 is 1.18 bits per heavy atom. The van der Waals surface area contributed by atoms with E-state index < -0.39 is 18.4 Å². The Labute approximate surface area is 195 Å². The largest absolute Gasteiger partial charge is 0.454 e. The highest BCUT2D eigenvalue weighted by Crippen LogP contribution is 2.38. The number of Topliss-reactive ketones (excluding diaryl/α,β-unsaturated/α-hetero) is 1. The number of nitrogens with zero attached hydrogens (tertiary/aromatic N) is 2. The van der Waals surface area contributed by atoms with Gasteiger partial charge in [-0.25, -0.2) is 9.78 Å². The minimum absolute atomic E-state index is 0.0863. The van der Waals surface area contributed by atoms with Crippen LogP contribution in [0.4, 0.5) is 0 Å². The first-order valence-corrected chi connectivity index (χ1v) is 10.7. The molecule has 4 rings (SSSR count). The lowest BCUT2D eigenvalue weighted by Gasteiger charge is -2.12. The monoisotopic (exact) mass is 457 g/mol. The van der Waals surface area contributed by atoms with E-state index >= 15 is 0 Å². The summed E-state index contributed by atoms with van der Waals surface area (Å²) in [5.41, 5.74) is 9.83. The Hall–Kier alpha value is -3.95. The number of nitrogens with two attached hydrogens (primary N) is 1. The molecule has 1 aliphatic carbocycles. The number of rotatable bonds is 5. The molecule has 0 bridgehead atoms. The lowest BCUT2D eigenvalue weighted by Crippen LogP contribution is -2.19. The third kappa shape index (κ3) is 4.36. The van der Waals surface area contributed by atoms with E-state index in [9.17, 15) is 9.59 Å². The zero-order valence-electron chi connectivity index (χ0n) is 17.9. The molecule has 2 aromatic carbocycles. The lowest BCUT2D eigenvalue weighted by molar-refractivity contribution is -0.118. The van der Waals surface area contributed by atoms with Gasteiger partial charge >= 0.3 is 5.97 Å². The van der Waals surface area contributed by atoms with Crippen LogP contribution in [0, 0.1) is 11.3 Å². The summed E-state index contributed by atoms with van der Waals surface area (Å²) in [5.74, 6) is -1.27. The van der Waals surface area contributed by atoms with E-state index in [1.54, 1.807) is 12.1 Å². The van der Waals surface area contributed by atoms with E-state index in [0.29, 0.717) is 34.3 Å². The number of ketones is 1. The number of halogens is 1. The van der Waals surface area contributed by atoms with Crippen LogP contribution >= 0.6 is 11.6 Å². The van der Waals surface area contributed by atoms with Crippen LogP contribution < -0.4 is 5.73 Å². The molecule has 3 aromatic rings. The second-order valence-corrected chi connectivity index (χ2v) is 8.10. The molecule has 1 heterocycles. The highest BCUT2D eigenvalue weighted by molar-refractivity contribution is 6.32. The fourth-order valence-electron chi connectivity index (χ4n) is 3.94. The number of aromatic nitrogens is 1. The molecule has 0 spiro atoms. The molecule has 0 aliphatic heterocycles. The Bertz CT molecular complexity index is 1400. The number of allylic oxidation sites excluding steroid dienone is 2. The SMILES string of the molecule is C/C(N)=C(/C#N)C(=O)COC(=O)c1c2c(nc3ccccc13)/C(=C/c1ccccc1Cl)CC2. The predicted molar refractivity (Wildman–Crippen MR) is 127 cm³/mol. The summed E-state index contributed by atoms with van der Waals surface area (Å²) in [6.07, 6.45) is 3.28. The molecule has 0 unspecified atom stereocenters. The molecular weight excluding hydrogens is 438 g/mol. The van der Waals surface area contributed by atoms with Crippen LogP contribution in [0.25, 0.3) is 22.6 Å². The van der Waals surface area contributed by atoms with Crippen LogP contribution in [0.1, 0.15) is 40.5 Å². The first-order chi connectivity index (χ1) is 15.9. The van der Waals surface area contributed by atoms with Crippen molar-refractivity contribution in [1.82, 2.24) is 4.98 Å². The highest BCUT2D eigenvalue weighted by Gasteiger charge is 2.28. The van der Waals surface area contributed by atoms with Crippen molar-refractivity contribution in [3.05, 3.63) is 87.2 Å². The number of hydrogen-bond donors (Lipinski definition) is 1. The van der Waals surface area contributed by atoms with Gasteiger partial charge in [0.25, 0.3) is 0 Å². The number of nitriles is 1. The third-order valence-corrected chi connectivity index (χ3v) is 5.84. The molecule has 2 N–H and O–H groups in total. The summed E-state index contributed by atoms with van der Waals surface area (Å²) in [6, 6.07) is 16.6. The molecule has 0 saturated heterocycles. The van der Waals surface area contributed by atoms with Gasteiger partial charge in [-0.05, 0) is 54.7 Å². The standard InChI is InChI=1S/C26H20ClN3O3/c1-15(29)20(13-28)23(31)14-33-26(32)24-18-7-3-5-9-22(18)30-25-17(10-11-19(24)25)12-16-6-2-4-8-21(16)27/h2-9,12H,10-11,14,29H2,1H3/b17-12+,20-15+. The fraction of sp³-hybridized carbons (Fsp3) is 0.154. The minimum Gasteiger partial charge on any atom is -0.454 e. The number of fused-ring (bicyclic) bond motifs is 2. The van der Waals surface area contributed by atoms with Gasteiger partial charge in [0.1, 0.15) is 11.6 Å². The summed E-state index contributed by atoms with van der Waals surface area (Å²) >= 11 is 6.33. The summed E-state index contributed by atoms with van der Waals surface area (Å²) in [6.45, 7) is 0.887. The molecule has 0 saturated carbocycles. The Morgan fingerprint density at radius 3 is 2.64 bits per heavy atom. The average molecular weight is 458 g/mol. The highest BCUT2D eigenvalue weighted by atomic mass is 35.5. The van der Waals surface area contributed by atoms with E-state index in [1.807, 2.05) is 48.5 Å². The van der Waals surface area contributed by atoms with E-state index in [4.69, 9.17) is 32.3 Å². The minimum atomic E-state index is -0.639. The van der Waals surface area contributed by atoms with Gasteiger partial charge in [-0.2, -0.15) is 5.26 Å². The van der Waals surface area contributed by atoms with Crippen molar-refractivity contribution in [3.63, 3.8) is 0 Å². The van der Waals surface area contributed by atoms with Crippen LogP contribution in [-0.4, -0.2) is 23.3 Å². The molecule has 0 amide bonds. The Morgan fingerprint density at radius 2 is 1.91 bits per heavy atom. The van der Waals surface area contributed by atoms with Crippen LogP contribution in [-0.2, 0) is 16.0 Å². The van der Waals surface area contributed by atoms with E-state index in [2.05, 4.69) is 0 Å². The summed E-state index contributed by atoms with van der Waals surface area (Å²) in [5, 5.41) is 10.4. The normalized spacial score (nSPS) is 14.5. The number of carbonyl (C=O) groups excluding carboxylic acids is 2. The van der Waals surface area contributed by atoms with Gasteiger partial charge in [-0.3, -0.25) is 4.79 Å². The van der Waals surface area contributed by atoms with Crippen molar-refractivity contribution >= 4 is 45.9 Å². The lowest BCUT2D eigenvalue weighted by atomic mass is 10.0. The predicted octanol–water partition coefficient (Wildman–Crippen LogP) is 4.86. The Kier molecular flexibility index (Phi) is 6.25. The van der Waals surface area contributed by atoms with Crippen molar-refractivity contribution in [3.8, 4) is 6.07 Å². The summed E-state index contributed by atoms with van der Waals surface area (Å²) < 4.78 is 5.33. The molecule has 7 heteroatoms. The van der Waals surface area contributed by atoms with Gasteiger partial charge in [0, 0.05) is 16.1 Å². The summed E-state index contributed by atoms with van der Waals surface area (Å²) in [4.78, 5) is 30.2. The molecule has 164 valence electrons. The number of hydrogen-bond acceptors (Lipinski definition) is 6. The number of esters is 1. The second kappa shape index (κ2) is 9.27. The fourth-order valence-corrected chi connectivity index (χ4v) is 4.13. The van der Waals surface area contributed by atoms with E-state index in [1.165, 1.54) is 6.92 Å². The first-order valence-electron chi connectivity index (χ1n) is 10.3. The average Bonchev–Trinajstić information content (AvgIpc) is 3.19. The zero-order chi connectivity index (χ0) is 23.5. The maximum absolute atomic E-state index is 13.1. The quantitative estimate of drug-likeness (QED) is 0.333. The Balaban J connectivity index is 1.75. The van der Waals surface area contributed by atoms with E-state index in [-0.39, 0.29) is 11.3 Å². The molecular formula is C26H20ClN3O3. The van der Waals surface area contributed by atoms with Crippen LogP contribution in [0.3, 0.4) is 0 Å². The molecule has 1 aromatic heterocycles. The van der Waals surface area contributed by atoms with Crippen molar-refractivity contribution < 1.29 is 14.3 Å². The van der Waals surface area contributed by atoms with Crippen molar-refractivity contribution in [2.45, 2.75) is 19.8 Å². The maximum atomic E-state index is 13.1. The molecule has 0 radical (unpaired) electrons. The number of carbonyl (C=O) groups is 2. The van der Waals surface area contributed by atoms with E-state index in [0.717, 1.165) is 22.4 Å². The van der Waals surface area contributed by atoms with Gasteiger partial charge in [0.2, 0.25) is 5.78 Å². The molecule has 6 nitrogen and oxygen atoms in total. The van der Waals surface area contributed by atoms with Crippen molar-refractivity contribution in [1.29, 1.82) is 5.26 Å². The van der Waals surface area contributed by atoms with Crippen molar-refractivity contribution in [2.75, 3.05) is 6.61 Å². The van der Waals surface area contributed by atoms with Gasteiger partial charge in [-0.15, -0.1) is 0 Å². The molecule has 33 heavy (non-hydrogen) atoms. The summed E-state index contributed by atoms with van der Waals surface area (Å²) in [7, 11) is 0. The molecule has 0 atom stereocenters. The molecule has 0 fully saturated rings. The van der Waals surface area contributed by atoms with Gasteiger partial charge < -0.3 is 10.5 Å².